The normalized spacial score (nSPS) is 12.3. The average Bonchev–Trinajstić information content (AvgIpc) is 2.77. The molecule has 1 atom stereocenters. The van der Waals surface area contributed by atoms with Crippen molar-refractivity contribution in [3.63, 3.8) is 0 Å². The van der Waals surface area contributed by atoms with E-state index in [4.69, 9.17) is 0 Å². The molecule has 9 heteroatoms. The molecule has 0 saturated carbocycles. The number of hydrogen-bond donors (Lipinski definition) is 1. The highest BCUT2D eigenvalue weighted by Gasteiger charge is 2.32. The predicted octanol–water partition coefficient (Wildman–Crippen LogP) is 2.16. The number of likely N-dealkylation sites (N-methyl/N-ethyl adjacent to an activating group) is 1. The van der Waals surface area contributed by atoms with Gasteiger partial charge in [0.15, 0.2) is 0 Å². The van der Waals surface area contributed by atoms with E-state index in [-0.39, 0.29) is 12.5 Å². The molecule has 0 unspecified atom stereocenters. The Kier molecular flexibility index (Phi) is 8.80. The second-order valence-electron chi connectivity index (χ2n) is 7.71. The van der Waals surface area contributed by atoms with Crippen LogP contribution in [0.25, 0.3) is 0 Å². The first-order valence-corrected chi connectivity index (χ1v) is 11.9. The molecular weight excluding hydrogens is 428 g/mol. The number of para-hydroxylation sites is 1. The van der Waals surface area contributed by atoms with Crippen LogP contribution in [0, 0.1) is 6.92 Å². The van der Waals surface area contributed by atoms with Crippen LogP contribution < -0.4 is 9.62 Å². The molecule has 0 aliphatic carbocycles. The van der Waals surface area contributed by atoms with Crippen molar-refractivity contribution in [1.29, 1.82) is 0 Å². The van der Waals surface area contributed by atoms with Gasteiger partial charge in [-0.15, -0.1) is 0 Å². The van der Waals surface area contributed by atoms with E-state index < -0.39 is 28.7 Å². The van der Waals surface area contributed by atoms with Crippen LogP contribution in [-0.2, 0) is 26.3 Å². The summed E-state index contributed by atoms with van der Waals surface area (Å²) in [5.41, 5.74) is 2.30. The van der Waals surface area contributed by atoms with E-state index in [1.165, 1.54) is 19.0 Å². The molecule has 174 valence electrons. The molecule has 0 aromatic heterocycles. The maximum absolute atomic E-state index is 13.4. The molecule has 2 aromatic carbocycles. The van der Waals surface area contributed by atoms with Crippen molar-refractivity contribution in [1.82, 2.24) is 14.5 Å². The van der Waals surface area contributed by atoms with E-state index in [9.17, 15) is 18.0 Å². The number of carbonyl (C=O) groups excluding carboxylic acids is 2. The first-order valence-electron chi connectivity index (χ1n) is 10.5. The maximum atomic E-state index is 13.4. The van der Waals surface area contributed by atoms with Crippen LogP contribution in [-0.4, -0.2) is 62.7 Å². The Hall–Kier alpha value is -2.91. The third-order valence-electron chi connectivity index (χ3n) is 5.05. The molecule has 0 aliphatic rings. The van der Waals surface area contributed by atoms with E-state index in [2.05, 4.69) is 5.32 Å². The van der Waals surface area contributed by atoms with Crippen molar-refractivity contribution in [2.45, 2.75) is 33.4 Å². The minimum Gasteiger partial charge on any atom is -0.355 e. The summed E-state index contributed by atoms with van der Waals surface area (Å²) < 4.78 is 28.1. The lowest BCUT2D eigenvalue weighted by Crippen LogP contribution is -2.52. The van der Waals surface area contributed by atoms with Crippen LogP contribution in [0.15, 0.2) is 54.6 Å². The zero-order chi connectivity index (χ0) is 23.9. The highest BCUT2D eigenvalue weighted by molar-refractivity contribution is 7.90. The number of nitrogens with zero attached hydrogens (tertiary/aromatic N) is 3. The second kappa shape index (κ2) is 11.1. The summed E-state index contributed by atoms with van der Waals surface area (Å²) >= 11 is 0. The predicted molar refractivity (Wildman–Crippen MR) is 126 cm³/mol. The van der Waals surface area contributed by atoms with Crippen LogP contribution in [0.4, 0.5) is 5.69 Å². The molecule has 0 bridgehead atoms. The number of nitrogens with one attached hydrogen (secondary N) is 1. The van der Waals surface area contributed by atoms with Gasteiger partial charge in [-0.2, -0.15) is 12.7 Å². The summed E-state index contributed by atoms with van der Waals surface area (Å²) in [6, 6.07) is 15.3. The summed E-state index contributed by atoms with van der Waals surface area (Å²) in [4.78, 5) is 27.4. The minimum atomic E-state index is -3.94. The van der Waals surface area contributed by atoms with Crippen LogP contribution in [0.3, 0.4) is 0 Å². The van der Waals surface area contributed by atoms with E-state index in [0.717, 1.165) is 19.7 Å². The summed E-state index contributed by atoms with van der Waals surface area (Å²) in [6.07, 6.45) is 0. The fourth-order valence-corrected chi connectivity index (χ4v) is 4.16. The molecule has 8 nitrogen and oxygen atoms in total. The molecule has 0 spiro atoms. The topological polar surface area (TPSA) is 90.0 Å². The summed E-state index contributed by atoms with van der Waals surface area (Å²) in [5.74, 6) is -0.770. The Bertz CT molecular complexity index is 1010. The van der Waals surface area contributed by atoms with Gasteiger partial charge < -0.3 is 10.2 Å². The number of carbonyl (C=O) groups is 2. The number of benzene rings is 2. The Morgan fingerprint density at radius 3 is 2.12 bits per heavy atom. The Morgan fingerprint density at radius 1 is 1.00 bits per heavy atom. The van der Waals surface area contributed by atoms with E-state index in [1.54, 1.807) is 44.2 Å². The summed E-state index contributed by atoms with van der Waals surface area (Å²) in [7, 11) is -1.11. The van der Waals surface area contributed by atoms with Gasteiger partial charge in [-0.05, 0) is 38.5 Å². The number of hydrogen-bond acceptors (Lipinski definition) is 4. The molecular formula is C23H32N4O4S. The number of amides is 2. The third-order valence-corrected chi connectivity index (χ3v) is 6.87. The van der Waals surface area contributed by atoms with Crippen LogP contribution in [0.2, 0.25) is 0 Å². The molecule has 0 radical (unpaired) electrons. The van der Waals surface area contributed by atoms with Crippen molar-refractivity contribution < 1.29 is 18.0 Å². The van der Waals surface area contributed by atoms with Gasteiger partial charge in [-0.25, -0.2) is 4.31 Å². The van der Waals surface area contributed by atoms with Gasteiger partial charge in [-0.3, -0.25) is 9.59 Å². The standard InChI is InChI=1S/C23H32N4O4S/c1-6-24-23(29)19(3)26(16-20-14-12-18(2)13-15-20)22(28)17-27(32(30,31)25(4)5)21-10-8-7-9-11-21/h7-15,19H,6,16-17H2,1-5H3,(H,24,29)/t19-/m0/s1. The average molecular weight is 461 g/mol. The molecule has 2 aromatic rings. The van der Waals surface area contributed by atoms with Gasteiger partial charge in [0.2, 0.25) is 11.8 Å². The lowest BCUT2D eigenvalue weighted by atomic mass is 10.1. The van der Waals surface area contributed by atoms with Crippen molar-refractivity contribution in [2.24, 2.45) is 0 Å². The molecule has 2 amide bonds. The van der Waals surface area contributed by atoms with Crippen molar-refractivity contribution in [3.8, 4) is 0 Å². The van der Waals surface area contributed by atoms with E-state index in [0.29, 0.717) is 12.2 Å². The summed E-state index contributed by atoms with van der Waals surface area (Å²) in [5, 5.41) is 2.74. The number of aryl methyl sites for hydroxylation is 1. The molecule has 32 heavy (non-hydrogen) atoms. The smallest absolute Gasteiger partial charge is 0.304 e. The monoisotopic (exact) mass is 460 g/mol. The van der Waals surface area contributed by atoms with Crippen molar-refractivity contribution >= 4 is 27.7 Å². The molecule has 0 heterocycles. The van der Waals surface area contributed by atoms with Gasteiger partial charge in [0.1, 0.15) is 12.6 Å². The van der Waals surface area contributed by atoms with Crippen LogP contribution in [0.1, 0.15) is 25.0 Å². The SMILES string of the molecule is CCNC(=O)[C@H](C)N(Cc1ccc(C)cc1)C(=O)CN(c1ccccc1)S(=O)(=O)N(C)C. The quantitative estimate of drug-likeness (QED) is 0.588. The lowest BCUT2D eigenvalue weighted by molar-refractivity contribution is -0.139. The van der Waals surface area contributed by atoms with Crippen LogP contribution in [0.5, 0.6) is 0 Å². The molecule has 0 saturated heterocycles. The molecule has 1 N–H and O–H groups in total. The first-order chi connectivity index (χ1) is 15.1. The second-order valence-corrected chi connectivity index (χ2v) is 9.78. The molecule has 0 aliphatic heterocycles. The van der Waals surface area contributed by atoms with Gasteiger partial charge in [-0.1, -0.05) is 48.0 Å². The zero-order valence-corrected chi connectivity index (χ0v) is 20.1. The molecule has 0 fully saturated rings. The van der Waals surface area contributed by atoms with Gasteiger partial charge in [0.05, 0.1) is 5.69 Å². The minimum absolute atomic E-state index is 0.183. The first kappa shape index (κ1) is 25.4. The Morgan fingerprint density at radius 2 is 1.59 bits per heavy atom. The number of anilines is 1. The van der Waals surface area contributed by atoms with Crippen LogP contribution >= 0.6 is 0 Å². The summed E-state index contributed by atoms with van der Waals surface area (Å²) in [6.45, 7) is 5.60. The van der Waals surface area contributed by atoms with Crippen molar-refractivity contribution in [3.05, 3.63) is 65.7 Å². The lowest BCUT2D eigenvalue weighted by Gasteiger charge is -2.32. The number of rotatable bonds is 10. The fourth-order valence-electron chi connectivity index (χ4n) is 3.11. The highest BCUT2D eigenvalue weighted by atomic mass is 32.2. The molecule has 2 rings (SSSR count). The Labute approximate surface area is 191 Å². The largest absolute Gasteiger partial charge is 0.355 e. The zero-order valence-electron chi connectivity index (χ0n) is 19.3. The van der Waals surface area contributed by atoms with Crippen molar-refractivity contribution in [2.75, 3.05) is 31.5 Å². The van der Waals surface area contributed by atoms with Gasteiger partial charge >= 0.3 is 10.2 Å². The third kappa shape index (κ3) is 6.30. The van der Waals surface area contributed by atoms with E-state index in [1.807, 2.05) is 31.2 Å². The fraction of sp³-hybridized carbons (Fsp3) is 0.391. The highest BCUT2D eigenvalue weighted by Crippen LogP contribution is 2.20. The van der Waals surface area contributed by atoms with Gasteiger partial charge in [0, 0.05) is 27.2 Å². The van der Waals surface area contributed by atoms with Gasteiger partial charge in [0.25, 0.3) is 0 Å². The Balaban J connectivity index is 2.40. The maximum Gasteiger partial charge on any atom is 0.304 e. The van der Waals surface area contributed by atoms with E-state index >= 15 is 0 Å².